The molecule has 2 aromatic carbocycles. The molecule has 5 heteroatoms. The Bertz CT molecular complexity index is 768. The van der Waals surface area contributed by atoms with Gasteiger partial charge in [0.25, 0.3) is 5.91 Å². The highest BCUT2D eigenvalue weighted by molar-refractivity contribution is 5.94. The van der Waals surface area contributed by atoms with Crippen molar-refractivity contribution in [2.45, 2.75) is 33.3 Å². The summed E-state index contributed by atoms with van der Waals surface area (Å²) in [6.45, 7) is 9.27. The van der Waals surface area contributed by atoms with Gasteiger partial charge in [0.05, 0.1) is 13.2 Å². The second-order valence-electron chi connectivity index (χ2n) is 6.92. The summed E-state index contributed by atoms with van der Waals surface area (Å²) in [4.78, 5) is 15.0. The number of ether oxygens (including phenoxy) is 2. The van der Waals surface area contributed by atoms with Gasteiger partial charge in [0, 0.05) is 24.5 Å². The number of nitrogens with zero attached hydrogens (tertiary/aromatic N) is 1. The number of carbonyl (C=O) groups excluding carboxylic acids is 1. The van der Waals surface area contributed by atoms with Gasteiger partial charge in [0.1, 0.15) is 5.75 Å². The van der Waals surface area contributed by atoms with Gasteiger partial charge in [0.15, 0.2) is 6.10 Å². The first-order chi connectivity index (χ1) is 13.1. The Morgan fingerprint density at radius 1 is 1.15 bits per heavy atom. The Morgan fingerprint density at radius 3 is 2.52 bits per heavy atom. The number of rotatable bonds is 6. The van der Waals surface area contributed by atoms with E-state index in [4.69, 9.17) is 9.47 Å². The fourth-order valence-corrected chi connectivity index (χ4v) is 3.11. The average molecular weight is 368 g/mol. The molecule has 0 bridgehead atoms. The van der Waals surface area contributed by atoms with Crippen molar-refractivity contribution in [2.24, 2.45) is 0 Å². The zero-order valence-corrected chi connectivity index (χ0v) is 16.3. The molecule has 0 aromatic heterocycles. The Balaban J connectivity index is 1.63. The van der Waals surface area contributed by atoms with Gasteiger partial charge in [-0.1, -0.05) is 19.1 Å². The number of benzene rings is 2. The highest BCUT2D eigenvalue weighted by Gasteiger charge is 2.20. The SMILES string of the molecule is CC[C@H](Oc1cc(C)ccc1C)C(=O)Nc1ccc(N2CCOCC2)cc1. The Hall–Kier alpha value is -2.53. The standard InChI is InChI=1S/C22H28N2O3/c1-4-20(27-21-15-16(2)5-6-17(21)3)22(25)23-18-7-9-19(10-8-18)24-11-13-26-14-12-24/h5-10,15,20H,4,11-14H2,1-3H3,(H,23,25)/t20-/m0/s1. The minimum atomic E-state index is -0.524. The van der Waals surface area contributed by atoms with Crippen LogP contribution in [-0.2, 0) is 9.53 Å². The number of anilines is 2. The fraction of sp³-hybridized carbons (Fsp3) is 0.409. The maximum absolute atomic E-state index is 12.7. The summed E-state index contributed by atoms with van der Waals surface area (Å²) in [5.41, 5.74) is 4.07. The molecule has 0 saturated carbocycles. The van der Waals surface area contributed by atoms with Gasteiger partial charge >= 0.3 is 0 Å². The maximum atomic E-state index is 12.7. The van der Waals surface area contributed by atoms with Gasteiger partial charge < -0.3 is 19.7 Å². The lowest BCUT2D eigenvalue weighted by molar-refractivity contribution is -0.122. The molecule has 1 aliphatic heterocycles. The molecule has 0 spiro atoms. The monoisotopic (exact) mass is 368 g/mol. The molecule has 2 aromatic rings. The normalized spacial score (nSPS) is 15.3. The van der Waals surface area contributed by atoms with E-state index < -0.39 is 6.10 Å². The molecule has 1 aliphatic rings. The Kier molecular flexibility index (Phi) is 6.35. The number of amides is 1. The molecule has 0 unspecified atom stereocenters. The molecule has 1 fully saturated rings. The Morgan fingerprint density at radius 2 is 1.85 bits per heavy atom. The topological polar surface area (TPSA) is 50.8 Å². The van der Waals surface area contributed by atoms with Crippen LogP contribution in [0, 0.1) is 13.8 Å². The van der Waals surface area contributed by atoms with E-state index in [1.54, 1.807) is 0 Å². The molecule has 1 saturated heterocycles. The molecule has 144 valence electrons. The van der Waals surface area contributed by atoms with Gasteiger partial charge in [-0.2, -0.15) is 0 Å². The molecule has 3 rings (SSSR count). The molecule has 1 N–H and O–H groups in total. The van der Waals surface area contributed by atoms with Crippen LogP contribution in [0.1, 0.15) is 24.5 Å². The summed E-state index contributed by atoms with van der Waals surface area (Å²) in [5, 5.41) is 2.97. The summed E-state index contributed by atoms with van der Waals surface area (Å²) < 4.78 is 11.4. The van der Waals surface area contributed by atoms with Crippen LogP contribution in [0.25, 0.3) is 0 Å². The van der Waals surface area contributed by atoms with Crippen LogP contribution in [-0.4, -0.2) is 38.3 Å². The average Bonchev–Trinajstić information content (AvgIpc) is 2.69. The van der Waals surface area contributed by atoms with Crippen LogP contribution < -0.4 is 15.0 Å². The first-order valence-corrected chi connectivity index (χ1v) is 9.54. The molecule has 1 atom stereocenters. The van der Waals surface area contributed by atoms with Crippen LogP contribution in [0.2, 0.25) is 0 Å². The van der Waals surface area contributed by atoms with E-state index in [2.05, 4.69) is 10.2 Å². The largest absolute Gasteiger partial charge is 0.480 e. The van der Waals surface area contributed by atoms with Crippen molar-refractivity contribution in [3.8, 4) is 5.75 Å². The van der Waals surface area contributed by atoms with Gasteiger partial charge in [-0.05, 0) is 61.7 Å². The van der Waals surface area contributed by atoms with E-state index in [0.29, 0.717) is 6.42 Å². The van der Waals surface area contributed by atoms with E-state index in [0.717, 1.165) is 54.6 Å². The quantitative estimate of drug-likeness (QED) is 0.839. The number of morpholine rings is 1. The van der Waals surface area contributed by atoms with Crippen molar-refractivity contribution >= 4 is 17.3 Å². The predicted molar refractivity (Wildman–Crippen MR) is 109 cm³/mol. The summed E-state index contributed by atoms with van der Waals surface area (Å²) in [6.07, 6.45) is 0.0786. The molecule has 1 heterocycles. The fourth-order valence-electron chi connectivity index (χ4n) is 3.11. The number of carbonyl (C=O) groups is 1. The molecular formula is C22H28N2O3. The van der Waals surface area contributed by atoms with Crippen LogP contribution >= 0.6 is 0 Å². The van der Waals surface area contributed by atoms with Crippen molar-refractivity contribution in [1.82, 2.24) is 0 Å². The number of aryl methyl sites for hydroxylation is 2. The Labute approximate surface area is 161 Å². The molecular weight excluding hydrogens is 340 g/mol. The summed E-state index contributed by atoms with van der Waals surface area (Å²) >= 11 is 0. The first-order valence-electron chi connectivity index (χ1n) is 9.54. The summed E-state index contributed by atoms with van der Waals surface area (Å²) in [5.74, 6) is 0.636. The van der Waals surface area contributed by atoms with Gasteiger partial charge in [0.2, 0.25) is 0 Å². The molecule has 5 nitrogen and oxygen atoms in total. The van der Waals surface area contributed by atoms with E-state index in [9.17, 15) is 4.79 Å². The number of hydrogen-bond acceptors (Lipinski definition) is 4. The lowest BCUT2D eigenvalue weighted by Crippen LogP contribution is -2.36. The van der Waals surface area contributed by atoms with Crippen LogP contribution in [0.4, 0.5) is 11.4 Å². The second kappa shape index (κ2) is 8.91. The van der Waals surface area contributed by atoms with Gasteiger partial charge in [-0.3, -0.25) is 4.79 Å². The molecule has 27 heavy (non-hydrogen) atoms. The van der Waals surface area contributed by atoms with Crippen molar-refractivity contribution in [3.63, 3.8) is 0 Å². The highest BCUT2D eigenvalue weighted by Crippen LogP contribution is 2.23. The van der Waals surface area contributed by atoms with E-state index in [1.165, 1.54) is 0 Å². The molecule has 1 amide bonds. The van der Waals surface area contributed by atoms with Gasteiger partial charge in [-0.15, -0.1) is 0 Å². The van der Waals surface area contributed by atoms with Crippen molar-refractivity contribution in [2.75, 3.05) is 36.5 Å². The van der Waals surface area contributed by atoms with E-state index >= 15 is 0 Å². The van der Waals surface area contributed by atoms with Crippen molar-refractivity contribution in [3.05, 3.63) is 53.6 Å². The van der Waals surface area contributed by atoms with E-state index in [1.807, 2.05) is 63.2 Å². The third-order valence-electron chi connectivity index (χ3n) is 4.79. The third-order valence-corrected chi connectivity index (χ3v) is 4.79. The highest BCUT2D eigenvalue weighted by atomic mass is 16.5. The minimum absolute atomic E-state index is 0.127. The van der Waals surface area contributed by atoms with Crippen molar-refractivity contribution in [1.29, 1.82) is 0 Å². The smallest absolute Gasteiger partial charge is 0.265 e. The zero-order chi connectivity index (χ0) is 19.2. The third kappa shape index (κ3) is 5.01. The van der Waals surface area contributed by atoms with Gasteiger partial charge in [-0.25, -0.2) is 0 Å². The lowest BCUT2D eigenvalue weighted by atomic mass is 10.1. The minimum Gasteiger partial charge on any atom is -0.480 e. The van der Waals surface area contributed by atoms with Crippen LogP contribution in [0.5, 0.6) is 5.75 Å². The lowest BCUT2D eigenvalue weighted by Gasteiger charge is -2.29. The maximum Gasteiger partial charge on any atom is 0.265 e. The zero-order valence-electron chi connectivity index (χ0n) is 16.3. The predicted octanol–water partition coefficient (Wildman–Crippen LogP) is 3.94. The number of nitrogens with one attached hydrogen (secondary N) is 1. The molecule has 0 radical (unpaired) electrons. The summed E-state index contributed by atoms with van der Waals surface area (Å²) in [6, 6.07) is 14.0. The number of hydrogen-bond donors (Lipinski definition) is 1. The summed E-state index contributed by atoms with van der Waals surface area (Å²) in [7, 11) is 0. The van der Waals surface area contributed by atoms with Crippen molar-refractivity contribution < 1.29 is 14.3 Å². The second-order valence-corrected chi connectivity index (χ2v) is 6.92. The first kappa shape index (κ1) is 19.2. The molecule has 0 aliphatic carbocycles. The van der Waals surface area contributed by atoms with E-state index in [-0.39, 0.29) is 5.91 Å². The van der Waals surface area contributed by atoms with Crippen LogP contribution in [0.3, 0.4) is 0 Å². The van der Waals surface area contributed by atoms with Crippen LogP contribution in [0.15, 0.2) is 42.5 Å².